The van der Waals surface area contributed by atoms with Crippen LogP contribution in [0.3, 0.4) is 0 Å². The van der Waals surface area contributed by atoms with Gasteiger partial charge in [-0.05, 0) is 18.2 Å². The lowest BCUT2D eigenvalue weighted by Gasteiger charge is -2.19. The van der Waals surface area contributed by atoms with Crippen LogP contribution < -0.4 is 5.32 Å². The van der Waals surface area contributed by atoms with Crippen molar-refractivity contribution in [3.05, 3.63) is 23.8 Å². The zero-order valence-corrected chi connectivity index (χ0v) is 12.0. The molecule has 8 heteroatoms. The summed E-state index contributed by atoms with van der Waals surface area (Å²) in [6.07, 6.45) is 0. The number of carbonyl (C=O) groups is 3. The number of likely N-dealkylation sites (N-methyl/N-ethyl adjacent to an activating group) is 2. The first-order chi connectivity index (χ1) is 9.72. The van der Waals surface area contributed by atoms with Crippen LogP contribution in [0.25, 0.3) is 0 Å². The third-order valence-electron chi connectivity index (χ3n) is 2.70. The molecule has 1 aromatic rings. The standard InChI is InChI=1S/C13H17N3O5/c1-15(2)11(18)7-16(3)13(21)14-8-4-5-10(17)9(6-8)12(19)20/h4-6,17H,7H2,1-3H3,(H,14,21)(H,19,20). The molecule has 0 aromatic heterocycles. The highest BCUT2D eigenvalue weighted by Gasteiger charge is 2.16. The van der Waals surface area contributed by atoms with Gasteiger partial charge < -0.3 is 25.3 Å². The van der Waals surface area contributed by atoms with Crippen LogP contribution in [0.15, 0.2) is 18.2 Å². The number of hydrogen-bond acceptors (Lipinski definition) is 4. The Kier molecular flexibility index (Phi) is 5.12. The van der Waals surface area contributed by atoms with Crippen molar-refractivity contribution in [2.45, 2.75) is 0 Å². The van der Waals surface area contributed by atoms with Gasteiger partial charge in [0, 0.05) is 26.8 Å². The van der Waals surface area contributed by atoms with E-state index < -0.39 is 17.7 Å². The summed E-state index contributed by atoms with van der Waals surface area (Å²) in [5.74, 6) is -1.94. The SMILES string of the molecule is CN(C)C(=O)CN(C)C(=O)Nc1ccc(O)c(C(=O)O)c1. The number of phenols is 1. The molecule has 0 spiro atoms. The monoisotopic (exact) mass is 295 g/mol. The molecule has 1 aromatic carbocycles. The maximum Gasteiger partial charge on any atom is 0.339 e. The van der Waals surface area contributed by atoms with Gasteiger partial charge in [-0.1, -0.05) is 0 Å². The lowest BCUT2D eigenvalue weighted by molar-refractivity contribution is -0.129. The minimum atomic E-state index is -1.31. The molecule has 0 unspecified atom stereocenters. The molecule has 114 valence electrons. The number of carbonyl (C=O) groups excluding carboxylic acids is 2. The molecular weight excluding hydrogens is 278 g/mol. The van der Waals surface area contributed by atoms with E-state index in [1.54, 1.807) is 14.1 Å². The molecule has 0 aliphatic heterocycles. The van der Waals surface area contributed by atoms with Crippen molar-refractivity contribution < 1.29 is 24.6 Å². The molecule has 0 heterocycles. The Labute approximate surface area is 121 Å². The fourth-order valence-electron chi connectivity index (χ4n) is 1.42. The van der Waals surface area contributed by atoms with Crippen LogP contribution in [0.1, 0.15) is 10.4 Å². The maximum absolute atomic E-state index is 11.9. The van der Waals surface area contributed by atoms with E-state index in [1.165, 1.54) is 24.1 Å². The fraction of sp³-hybridized carbons (Fsp3) is 0.308. The summed E-state index contributed by atoms with van der Waals surface area (Å²) >= 11 is 0. The molecule has 0 saturated carbocycles. The summed E-state index contributed by atoms with van der Waals surface area (Å²) in [4.78, 5) is 36.8. The quantitative estimate of drug-likeness (QED) is 0.706. The van der Waals surface area contributed by atoms with Crippen LogP contribution in [0.5, 0.6) is 5.75 Å². The second-order valence-electron chi connectivity index (χ2n) is 4.61. The van der Waals surface area contributed by atoms with Crippen molar-refractivity contribution in [3.63, 3.8) is 0 Å². The Morgan fingerprint density at radius 3 is 2.33 bits per heavy atom. The van der Waals surface area contributed by atoms with Gasteiger partial charge in [0.2, 0.25) is 5.91 Å². The third kappa shape index (κ3) is 4.37. The summed E-state index contributed by atoms with van der Waals surface area (Å²) in [5.41, 5.74) is -0.112. The zero-order valence-electron chi connectivity index (χ0n) is 12.0. The number of anilines is 1. The summed E-state index contributed by atoms with van der Waals surface area (Å²) in [6, 6.07) is 3.11. The predicted octanol–water partition coefficient (Wildman–Crippen LogP) is 0.642. The summed E-state index contributed by atoms with van der Waals surface area (Å²) in [7, 11) is 4.59. The second-order valence-corrected chi connectivity index (χ2v) is 4.61. The Morgan fingerprint density at radius 1 is 1.19 bits per heavy atom. The van der Waals surface area contributed by atoms with Crippen molar-refractivity contribution in [1.29, 1.82) is 0 Å². The van der Waals surface area contributed by atoms with Crippen molar-refractivity contribution in [2.24, 2.45) is 0 Å². The molecule has 21 heavy (non-hydrogen) atoms. The van der Waals surface area contributed by atoms with E-state index in [9.17, 15) is 19.5 Å². The van der Waals surface area contributed by atoms with E-state index in [-0.39, 0.29) is 23.7 Å². The molecule has 0 fully saturated rings. The van der Waals surface area contributed by atoms with E-state index in [4.69, 9.17) is 5.11 Å². The van der Waals surface area contributed by atoms with Gasteiger partial charge in [0.25, 0.3) is 0 Å². The van der Waals surface area contributed by atoms with Crippen LogP contribution in [0.4, 0.5) is 10.5 Å². The average molecular weight is 295 g/mol. The van der Waals surface area contributed by atoms with Crippen LogP contribution >= 0.6 is 0 Å². The van der Waals surface area contributed by atoms with Gasteiger partial charge in [0.1, 0.15) is 17.9 Å². The van der Waals surface area contributed by atoms with Gasteiger partial charge in [-0.15, -0.1) is 0 Å². The first-order valence-corrected chi connectivity index (χ1v) is 6.01. The number of aromatic carboxylic acids is 1. The van der Waals surface area contributed by atoms with Crippen molar-refractivity contribution in [2.75, 3.05) is 33.0 Å². The van der Waals surface area contributed by atoms with E-state index >= 15 is 0 Å². The number of rotatable bonds is 4. The highest BCUT2D eigenvalue weighted by molar-refractivity contribution is 5.96. The molecule has 0 bridgehead atoms. The Bertz CT molecular complexity index is 571. The molecular formula is C13H17N3O5. The minimum Gasteiger partial charge on any atom is -0.507 e. The molecule has 0 saturated heterocycles. The number of carboxylic acid groups (broad SMARTS) is 1. The Morgan fingerprint density at radius 2 is 1.81 bits per heavy atom. The normalized spacial score (nSPS) is 9.86. The highest BCUT2D eigenvalue weighted by Crippen LogP contribution is 2.21. The summed E-state index contributed by atoms with van der Waals surface area (Å²) in [6.45, 7) is -0.108. The largest absolute Gasteiger partial charge is 0.507 e. The van der Waals surface area contributed by atoms with Crippen molar-refractivity contribution in [1.82, 2.24) is 9.80 Å². The van der Waals surface area contributed by atoms with Crippen LogP contribution in [0, 0.1) is 0 Å². The third-order valence-corrected chi connectivity index (χ3v) is 2.70. The van der Waals surface area contributed by atoms with Gasteiger partial charge in [-0.2, -0.15) is 0 Å². The Hall–Kier alpha value is -2.77. The first kappa shape index (κ1) is 16.3. The van der Waals surface area contributed by atoms with Gasteiger partial charge in [-0.25, -0.2) is 9.59 Å². The fourth-order valence-corrected chi connectivity index (χ4v) is 1.42. The van der Waals surface area contributed by atoms with E-state index in [2.05, 4.69) is 5.32 Å². The molecule has 1 rings (SSSR count). The van der Waals surface area contributed by atoms with E-state index in [1.807, 2.05) is 0 Å². The molecule has 8 nitrogen and oxygen atoms in total. The molecule has 3 N–H and O–H groups in total. The number of aromatic hydroxyl groups is 1. The highest BCUT2D eigenvalue weighted by atomic mass is 16.4. The Balaban J connectivity index is 2.77. The van der Waals surface area contributed by atoms with Gasteiger partial charge in [0.05, 0.1) is 0 Å². The lowest BCUT2D eigenvalue weighted by atomic mass is 10.2. The number of benzene rings is 1. The smallest absolute Gasteiger partial charge is 0.339 e. The number of nitrogens with zero attached hydrogens (tertiary/aromatic N) is 2. The van der Waals surface area contributed by atoms with Crippen molar-refractivity contribution >= 4 is 23.6 Å². The van der Waals surface area contributed by atoms with Gasteiger partial charge >= 0.3 is 12.0 Å². The lowest BCUT2D eigenvalue weighted by Crippen LogP contribution is -2.39. The molecule has 0 radical (unpaired) electrons. The van der Waals surface area contributed by atoms with Crippen molar-refractivity contribution in [3.8, 4) is 5.75 Å². The summed E-state index contributed by atoms with van der Waals surface area (Å²) in [5, 5.41) is 20.7. The summed E-state index contributed by atoms with van der Waals surface area (Å²) < 4.78 is 0. The molecule has 0 aliphatic rings. The first-order valence-electron chi connectivity index (χ1n) is 6.01. The van der Waals surface area contributed by atoms with E-state index in [0.29, 0.717) is 0 Å². The number of nitrogens with one attached hydrogen (secondary N) is 1. The van der Waals surface area contributed by atoms with Gasteiger partial charge in [-0.3, -0.25) is 4.79 Å². The number of carboxylic acids is 1. The topological polar surface area (TPSA) is 110 Å². The molecule has 3 amide bonds. The maximum atomic E-state index is 11.9. The van der Waals surface area contributed by atoms with Crippen LogP contribution in [-0.4, -0.2) is 65.6 Å². The predicted molar refractivity (Wildman–Crippen MR) is 75.4 cm³/mol. The number of amides is 3. The second kappa shape index (κ2) is 6.60. The number of urea groups is 1. The molecule has 0 atom stereocenters. The van der Waals surface area contributed by atoms with Gasteiger partial charge in [0.15, 0.2) is 0 Å². The molecule has 0 aliphatic carbocycles. The number of hydrogen-bond donors (Lipinski definition) is 3. The van der Waals surface area contributed by atoms with Crippen LogP contribution in [0.2, 0.25) is 0 Å². The average Bonchev–Trinajstić information content (AvgIpc) is 2.40. The van der Waals surface area contributed by atoms with Crippen LogP contribution in [-0.2, 0) is 4.79 Å². The minimum absolute atomic E-state index is 0.108. The zero-order chi connectivity index (χ0) is 16.2. The van der Waals surface area contributed by atoms with E-state index in [0.717, 1.165) is 11.0 Å².